The van der Waals surface area contributed by atoms with E-state index in [0.717, 1.165) is 12.1 Å². The van der Waals surface area contributed by atoms with E-state index < -0.39 is 17.4 Å². The van der Waals surface area contributed by atoms with Crippen LogP contribution in [0, 0.1) is 25.5 Å². The minimum Gasteiger partial charge on any atom is -0.399 e. The van der Waals surface area contributed by atoms with Gasteiger partial charge in [-0.3, -0.25) is 4.79 Å². The number of halogens is 2. The summed E-state index contributed by atoms with van der Waals surface area (Å²) in [6.45, 7) is 3.15. The molecule has 0 aromatic heterocycles. The number of carbonyl (C=O) groups excluding carboxylic acids is 1. The molecule has 0 aliphatic heterocycles. The van der Waals surface area contributed by atoms with Crippen LogP contribution in [0.4, 0.5) is 14.5 Å². The van der Waals surface area contributed by atoms with E-state index in [0.29, 0.717) is 16.8 Å². The Kier molecular flexibility index (Phi) is 3.34. The standard InChI is InChI=1S/C15H13F2NO/c1-8-5-10(18)3-4-11(8)15(19)12-7-13(16)9(2)6-14(12)17/h3-7H,18H2,1-2H3. The summed E-state index contributed by atoms with van der Waals surface area (Å²) in [7, 11) is 0. The van der Waals surface area contributed by atoms with Crippen LogP contribution in [0.1, 0.15) is 27.0 Å². The summed E-state index contributed by atoms with van der Waals surface area (Å²) in [6, 6.07) is 6.65. The van der Waals surface area contributed by atoms with Crippen molar-refractivity contribution in [3.05, 3.63) is 64.2 Å². The highest BCUT2D eigenvalue weighted by atomic mass is 19.1. The van der Waals surface area contributed by atoms with Crippen molar-refractivity contribution < 1.29 is 13.6 Å². The number of nitrogen functional groups attached to an aromatic ring is 1. The predicted molar refractivity (Wildman–Crippen MR) is 70.1 cm³/mol. The van der Waals surface area contributed by atoms with Crippen LogP contribution in [0.15, 0.2) is 30.3 Å². The van der Waals surface area contributed by atoms with Gasteiger partial charge in [0.25, 0.3) is 0 Å². The minimum atomic E-state index is -0.722. The SMILES string of the molecule is Cc1cc(F)c(C(=O)c2ccc(N)cc2C)cc1F. The molecule has 2 N–H and O–H groups in total. The van der Waals surface area contributed by atoms with Gasteiger partial charge in [0.15, 0.2) is 5.78 Å². The number of hydrogen-bond donors (Lipinski definition) is 1. The van der Waals surface area contributed by atoms with Gasteiger partial charge in [0.2, 0.25) is 0 Å². The first-order valence-corrected chi connectivity index (χ1v) is 5.76. The molecule has 2 aromatic carbocycles. The van der Waals surface area contributed by atoms with Crippen LogP contribution >= 0.6 is 0 Å². The van der Waals surface area contributed by atoms with Gasteiger partial charge in [-0.2, -0.15) is 0 Å². The lowest BCUT2D eigenvalue weighted by molar-refractivity contribution is 0.103. The number of ketones is 1. The first-order chi connectivity index (χ1) is 8.90. The fraction of sp³-hybridized carbons (Fsp3) is 0.133. The molecule has 0 atom stereocenters. The molecule has 0 aliphatic carbocycles. The quantitative estimate of drug-likeness (QED) is 0.665. The predicted octanol–water partition coefficient (Wildman–Crippen LogP) is 3.39. The smallest absolute Gasteiger partial charge is 0.196 e. The fourth-order valence-electron chi connectivity index (χ4n) is 1.91. The van der Waals surface area contributed by atoms with Crippen LogP contribution in [0.5, 0.6) is 0 Å². The third-order valence-electron chi connectivity index (χ3n) is 2.99. The maximum atomic E-state index is 13.8. The van der Waals surface area contributed by atoms with E-state index in [1.54, 1.807) is 19.1 Å². The molecule has 4 heteroatoms. The van der Waals surface area contributed by atoms with Crippen LogP contribution in [0.3, 0.4) is 0 Å². The Bertz CT molecular complexity index is 665. The first-order valence-electron chi connectivity index (χ1n) is 5.76. The van der Waals surface area contributed by atoms with Gasteiger partial charge in [0, 0.05) is 11.3 Å². The van der Waals surface area contributed by atoms with E-state index >= 15 is 0 Å². The lowest BCUT2D eigenvalue weighted by Crippen LogP contribution is -2.08. The Balaban J connectivity index is 2.53. The van der Waals surface area contributed by atoms with Gasteiger partial charge in [-0.15, -0.1) is 0 Å². The molecule has 0 fully saturated rings. The second-order valence-electron chi connectivity index (χ2n) is 4.48. The monoisotopic (exact) mass is 261 g/mol. The molecule has 0 radical (unpaired) electrons. The van der Waals surface area contributed by atoms with Crippen molar-refractivity contribution in [3.8, 4) is 0 Å². The largest absolute Gasteiger partial charge is 0.399 e. The van der Waals surface area contributed by atoms with Crippen molar-refractivity contribution in [1.29, 1.82) is 0 Å². The number of benzene rings is 2. The third kappa shape index (κ3) is 2.47. The average Bonchev–Trinajstić information content (AvgIpc) is 2.33. The van der Waals surface area contributed by atoms with E-state index in [-0.39, 0.29) is 11.1 Å². The summed E-state index contributed by atoms with van der Waals surface area (Å²) in [4.78, 5) is 12.2. The summed E-state index contributed by atoms with van der Waals surface area (Å²) in [5.74, 6) is -1.87. The number of anilines is 1. The van der Waals surface area contributed by atoms with Gasteiger partial charge in [0.05, 0.1) is 5.56 Å². The normalized spacial score (nSPS) is 10.5. The highest BCUT2D eigenvalue weighted by molar-refractivity contribution is 6.10. The minimum absolute atomic E-state index is 0.170. The van der Waals surface area contributed by atoms with Gasteiger partial charge >= 0.3 is 0 Å². The molecule has 2 nitrogen and oxygen atoms in total. The second-order valence-corrected chi connectivity index (χ2v) is 4.48. The fourth-order valence-corrected chi connectivity index (χ4v) is 1.91. The summed E-state index contributed by atoms with van der Waals surface area (Å²) in [5.41, 5.74) is 6.96. The Morgan fingerprint density at radius 3 is 2.26 bits per heavy atom. The van der Waals surface area contributed by atoms with Gasteiger partial charge in [-0.25, -0.2) is 8.78 Å². The van der Waals surface area contributed by atoms with Gasteiger partial charge < -0.3 is 5.73 Å². The van der Waals surface area contributed by atoms with Crippen molar-refractivity contribution in [1.82, 2.24) is 0 Å². The molecular weight excluding hydrogens is 248 g/mol. The van der Waals surface area contributed by atoms with Crippen LogP contribution < -0.4 is 5.73 Å². The second kappa shape index (κ2) is 4.80. The molecule has 0 saturated heterocycles. The molecule has 0 spiro atoms. The number of carbonyl (C=O) groups is 1. The molecular formula is C15H13F2NO. The molecule has 19 heavy (non-hydrogen) atoms. The van der Waals surface area contributed by atoms with E-state index in [1.165, 1.54) is 13.0 Å². The van der Waals surface area contributed by atoms with E-state index in [4.69, 9.17) is 5.73 Å². The average molecular weight is 261 g/mol. The Hall–Kier alpha value is -2.23. The Morgan fingerprint density at radius 2 is 1.63 bits per heavy atom. The van der Waals surface area contributed by atoms with E-state index in [9.17, 15) is 13.6 Å². The third-order valence-corrected chi connectivity index (χ3v) is 2.99. The van der Waals surface area contributed by atoms with Crippen molar-refractivity contribution in [3.63, 3.8) is 0 Å². The van der Waals surface area contributed by atoms with E-state index in [2.05, 4.69) is 0 Å². The topological polar surface area (TPSA) is 43.1 Å². The van der Waals surface area contributed by atoms with Gasteiger partial charge in [0.1, 0.15) is 11.6 Å². The lowest BCUT2D eigenvalue weighted by atomic mass is 9.97. The van der Waals surface area contributed by atoms with Crippen LogP contribution in [0.2, 0.25) is 0 Å². The molecule has 2 rings (SSSR count). The van der Waals surface area contributed by atoms with Crippen LogP contribution in [-0.4, -0.2) is 5.78 Å². The molecule has 0 unspecified atom stereocenters. The summed E-state index contributed by atoms with van der Waals surface area (Å²) >= 11 is 0. The summed E-state index contributed by atoms with van der Waals surface area (Å²) in [6.07, 6.45) is 0. The maximum Gasteiger partial charge on any atom is 0.196 e. The molecule has 0 saturated carbocycles. The zero-order valence-corrected chi connectivity index (χ0v) is 10.6. The van der Waals surface area contributed by atoms with Crippen molar-refractivity contribution in [2.24, 2.45) is 0 Å². The molecule has 2 aromatic rings. The zero-order chi connectivity index (χ0) is 14.2. The molecule has 0 bridgehead atoms. The summed E-state index contributed by atoms with van der Waals surface area (Å²) < 4.78 is 27.2. The van der Waals surface area contributed by atoms with Gasteiger partial charge in [-0.05, 0) is 55.3 Å². The molecule has 0 heterocycles. The molecule has 0 aliphatic rings. The van der Waals surface area contributed by atoms with Crippen molar-refractivity contribution in [2.45, 2.75) is 13.8 Å². The van der Waals surface area contributed by atoms with Crippen molar-refractivity contribution in [2.75, 3.05) is 5.73 Å². The maximum absolute atomic E-state index is 13.8. The number of hydrogen-bond acceptors (Lipinski definition) is 2. The Labute approximate surface area is 109 Å². The Morgan fingerprint density at radius 1 is 0.947 bits per heavy atom. The zero-order valence-electron chi connectivity index (χ0n) is 10.6. The summed E-state index contributed by atoms with van der Waals surface area (Å²) in [5, 5.41) is 0. The molecule has 0 amide bonds. The molecule has 98 valence electrons. The number of rotatable bonds is 2. The number of aryl methyl sites for hydroxylation is 2. The van der Waals surface area contributed by atoms with Crippen LogP contribution in [0.25, 0.3) is 0 Å². The lowest BCUT2D eigenvalue weighted by Gasteiger charge is -2.08. The highest BCUT2D eigenvalue weighted by Crippen LogP contribution is 2.21. The van der Waals surface area contributed by atoms with E-state index in [1.807, 2.05) is 0 Å². The number of nitrogens with two attached hydrogens (primary N) is 1. The van der Waals surface area contributed by atoms with Crippen molar-refractivity contribution >= 4 is 11.5 Å². The van der Waals surface area contributed by atoms with Gasteiger partial charge in [-0.1, -0.05) is 0 Å². The highest BCUT2D eigenvalue weighted by Gasteiger charge is 2.18. The van der Waals surface area contributed by atoms with Crippen LogP contribution in [-0.2, 0) is 0 Å². The first kappa shape index (κ1) is 13.2.